The van der Waals surface area contributed by atoms with E-state index in [1.165, 1.54) is 0 Å². The molecule has 1 aromatic rings. The van der Waals surface area contributed by atoms with Crippen LogP contribution in [-0.2, 0) is 35.1 Å². The second-order valence-corrected chi connectivity index (χ2v) is 15.0. The molecule has 3 unspecified atom stereocenters. The Morgan fingerprint density at radius 2 is 1.56 bits per heavy atom. The Bertz CT molecular complexity index is 1200. The summed E-state index contributed by atoms with van der Waals surface area (Å²) in [5, 5.41) is 6.09. The van der Waals surface area contributed by atoms with E-state index in [4.69, 9.17) is 9.47 Å². The van der Waals surface area contributed by atoms with Gasteiger partial charge in [-0.2, -0.15) is 0 Å². The topological polar surface area (TPSA) is 121 Å². The van der Waals surface area contributed by atoms with Crippen molar-refractivity contribution in [2.24, 2.45) is 23.7 Å². The number of hydrogen-bond acceptors (Lipinski definition) is 7. The molecule has 11 nitrogen and oxygen atoms in total. The number of carbonyl (C=O) groups excluding carboxylic acids is 4. The number of hydrogen-bond donors (Lipinski definition) is 2. The first-order chi connectivity index (χ1) is 23.6. The number of nitrogens with one attached hydrogen (secondary N) is 2. The summed E-state index contributed by atoms with van der Waals surface area (Å²) in [5.41, 5.74) is 1.15. The summed E-state index contributed by atoms with van der Waals surface area (Å²) in [6.45, 7) is 14.9. The van der Waals surface area contributed by atoms with E-state index in [9.17, 15) is 19.2 Å². The Morgan fingerprint density at radius 3 is 2.08 bits per heavy atom. The molecule has 1 aromatic carbocycles. The Labute approximate surface area is 302 Å². The number of likely N-dealkylation sites (tertiary alicyclic amines) is 1. The number of methoxy groups -OCH3 is 2. The van der Waals surface area contributed by atoms with Gasteiger partial charge < -0.3 is 29.9 Å². The summed E-state index contributed by atoms with van der Waals surface area (Å²) in [6.07, 6.45) is 2.06. The molecule has 0 spiro atoms. The van der Waals surface area contributed by atoms with Crippen molar-refractivity contribution < 1.29 is 28.7 Å². The van der Waals surface area contributed by atoms with E-state index < -0.39 is 30.2 Å². The first kappa shape index (κ1) is 43.1. The molecule has 8 atom stereocenters. The molecule has 0 aromatic heterocycles. The van der Waals surface area contributed by atoms with E-state index in [-0.39, 0.29) is 59.9 Å². The molecule has 0 aliphatic carbocycles. The number of nitrogens with zero attached hydrogens (tertiary/aromatic N) is 3. The molecule has 50 heavy (non-hydrogen) atoms. The Balaban J connectivity index is 2.21. The van der Waals surface area contributed by atoms with Gasteiger partial charge in [0.15, 0.2) is 0 Å². The van der Waals surface area contributed by atoms with Gasteiger partial charge in [0.2, 0.25) is 23.6 Å². The van der Waals surface area contributed by atoms with E-state index >= 15 is 0 Å². The molecule has 1 fully saturated rings. The molecular formula is C39H67N5O6. The van der Waals surface area contributed by atoms with Crippen LogP contribution in [0, 0.1) is 23.7 Å². The Kier molecular flexibility index (Phi) is 17.9. The van der Waals surface area contributed by atoms with Crippen molar-refractivity contribution in [1.82, 2.24) is 25.3 Å². The standard InChI is InChI=1S/C39H67N5O6/c1-13-27(6)35(43(10)39(48)33(25(2)3)41-38(47)34(26(4)5)42(8)9)31(49-11)24-32(45)44-23-17-20-30(44)36(50-12)28(7)37(46)40-22-21-29-18-15-14-16-19-29/h14-16,18-19,25-28,30-31,33-36H,13,17,20-24H2,1-12H3,(H,40,46)(H,41,47)/t27-,28+,30?,31?,33-,34?,35-,36+/m0/s1. The van der Waals surface area contributed by atoms with Crippen LogP contribution in [-0.4, -0.2) is 123 Å². The molecular weight excluding hydrogens is 634 g/mol. The molecule has 11 heteroatoms. The SMILES string of the molecule is CC[C@H](C)[C@@H](C(CC(=O)N1CCCC1[C@H](OC)[C@@H](C)C(=O)NCCc1ccccc1)OC)N(C)C(=O)[C@@H](NC(=O)C(C(C)C)N(C)C)C(C)C. The molecule has 1 aliphatic heterocycles. The van der Waals surface area contributed by atoms with Crippen molar-refractivity contribution in [1.29, 1.82) is 0 Å². The van der Waals surface area contributed by atoms with E-state index in [1.807, 2.05) is 88.8 Å². The first-order valence-electron chi connectivity index (χ1n) is 18.5. The van der Waals surface area contributed by atoms with E-state index in [0.29, 0.717) is 13.1 Å². The number of rotatable bonds is 20. The van der Waals surface area contributed by atoms with Crippen molar-refractivity contribution >= 4 is 23.6 Å². The normalized spacial score (nSPS) is 19.1. The van der Waals surface area contributed by atoms with Crippen LogP contribution in [0.3, 0.4) is 0 Å². The lowest BCUT2D eigenvalue weighted by Gasteiger charge is -2.41. The highest BCUT2D eigenvalue weighted by atomic mass is 16.5. The summed E-state index contributed by atoms with van der Waals surface area (Å²) >= 11 is 0. The third-order valence-electron chi connectivity index (χ3n) is 10.5. The van der Waals surface area contributed by atoms with Crippen molar-refractivity contribution in [3.05, 3.63) is 35.9 Å². The van der Waals surface area contributed by atoms with Crippen molar-refractivity contribution in [3.8, 4) is 0 Å². The first-order valence-corrected chi connectivity index (χ1v) is 18.5. The third-order valence-corrected chi connectivity index (χ3v) is 10.5. The van der Waals surface area contributed by atoms with E-state index in [0.717, 1.165) is 31.2 Å². The van der Waals surface area contributed by atoms with Gasteiger partial charge in [0.05, 0.1) is 42.7 Å². The predicted molar refractivity (Wildman–Crippen MR) is 198 cm³/mol. The fourth-order valence-electron chi connectivity index (χ4n) is 7.55. The molecule has 2 N–H and O–H groups in total. The zero-order chi connectivity index (χ0) is 37.7. The average Bonchev–Trinajstić information content (AvgIpc) is 3.56. The van der Waals surface area contributed by atoms with Crippen LogP contribution in [0.4, 0.5) is 0 Å². The number of amides is 4. The molecule has 2 rings (SSSR count). The lowest BCUT2D eigenvalue weighted by molar-refractivity contribution is -0.148. The Morgan fingerprint density at radius 1 is 0.920 bits per heavy atom. The minimum atomic E-state index is -0.737. The maximum atomic E-state index is 14.2. The van der Waals surface area contributed by atoms with Gasteiger partial charge >= 0.3 is 0 Å². The van der Waals surface area contributed by atoms with Crippen LogP contribution in [0.2, 0.25) is 0 Å². The zero-order valence-electron chi connectivity index (χ0n) is 32.9. The van der Waals surface area contributed by atoms with Gasteiger partial charge in [-0.15, -0.1) is 0 Å². The molecule has 1 saturated heterocycles. The van der Waals surface area contributed by atoms with Gasteiger partial charge in [0, 0.05) is 34.4 Å². The van der Waals surface area contributed by atoms with Crippen LogP contribution in [0.15, 0.2) is 30.3 Å². The fourth-order valence-corrected chi connectivity index (χ4v) is 7.55. The second kappa shape index (κ2) is 20.7. The number of benzene rings is 1. The summed E-state index contributed by atoms with van der Waals surface area (Å²) in [4.78, 5) is 60.3. The number of likely N-dealkylation sites (N-methyl/N-ethyl adjacent to an activating group) is 2. The van der Waals surface area contributed by atoms with E-state index in [2.05, 4.69) is 24.5 Å². The summed E-state index contributed by atoms with van der Waals surface area (Å²) < 4.78 is 11.9. The minimum absolute atomic E-state index is 0.0103. The van der Waals surface area contributed by atoms with Crippen molar-refractivity contribution in [2.75, 3.05) is 48.5 Å². The van der Waals surface area contributed by atoms with Crippen LogP contribution >= 0.6 is 0 Å². The van der Waals surface area contributed by atoms with Gasteiger partial charge in [-0.3, -0.25) is 24.1 Å². The number of carbonyl (C=O) groups is 4. The van der Waals surface area contributed by atoms with Crippen molar-refractivity contribution in [3.63, 3.8) is 0 Å². The highest BCUT2D eigenvalue weighted by Gasteiger charge is 2.43. The van der Waals surface area contributed by atoms with Gasteiger partial charge in [0.1, 0.15) is 6.04 Å². The lowest BCUT2D eigenvalue weighted by Crippen LogP contribution is -2.59. The largest absolute Gasteiger partial charge is 0.379 e. The monoisotopic (exact) mass is 702 g/mol. The zero-order valence-corrected chi connectivity index (χ0v) is 32.9. The summed E-state index contributed by atoms with van der Waals surface area (Å²) in [5.74, 6) is -1.13. The second-order valence-electron chi connectivity index (χ2n) is 15.0. The van der Waals surface area contributed by atoms with Gasteiger partial charge in [-0.25, -0.2) is 0 Å². The van der Waals surface area contributed by atoms with Gasteiger partial charge in [0.25, 0.3) is 0 Å². The average molecular weight is 702 g/mol. The van der Waals surface area contributed by atoms with Crippen molar-refractivity contribution in [2.45, 2.75) is 117 Å². The van der Waals surface area contributed by atoms with Crippen LogP contribution < -0.4 is 10.6 Å². The molecule has 0 bridgehead atoms. The fraction of sp³-hybridized carbons (Fsp3) is 0.744. The minimum Gasteiger partial charge on any atom is -0.379 e. The highest BCUT2D eigenvalue weighted by molar-refractivity contribution is 5.90. The van der Waals surface area contributed by atoms with E-state index in [1.54, 1.807) is 26.2 Å². The molecule has 1 aliphatic rings. The molecule has 0 radical (unpaired) electrons. The number of ether oxygens (including phenoxy) is 2. The summed E-state index contributed by atoms with van der Waals surface area (Å²) in [7, 11) is 8.66. The van der Waals surface area contributed by atoms with Crippen LogP contribution in [0.1, 0.15) is 79.7 Å². The highest BCUT2D eigenvalue weighted by Crippen LogP contribution is 2.29. The molecule has 4 amide bonds. The maximum absolute atomic E-state index is 14.2. The third kappa shape index (κ3) is 11.5. The van der Waals surface area contributed by atoms with Crippen LogP contribution in [0.25, 0.3) is 0 Å². The lowest BCUT2D eigenvalue weighted by atomic mass is 9.89. The van der Waals surface area contributed by atoms with Crippen LogP contribution in [0.5, 0.6) is 0 Å². The predicted octanol–water partition coefficient (Wildman–Crippen LogP) is 3.99. The Hall–Kier alpha value is -3.02. The quantitative estimate of drug-likeness (QED) is 0.211. The molecule has 1 heterocycles. The summed E-state index contributed by atoms with van der Waals surface area (Å²) in [6, 6.07) is 8.23. The smallest absolute Gasteiger partial charge is 0.245 e. The van der Waals surface area contributed by atoms with Gasteiger partial charge in [-0.1, -0.05) is 85.2 Å². The van der Waals surface area contributed by atoms with Gasteiger partial charge in [-0.05, 0) is 56.7 Å². The molecule has 0 saturated carbocycles. The maximum Gasteiger partial charge on any atom is 0.245 e. The molecule has 284 valence electrons.